The molecule has 5 N–H and O–H groups in total. The Kier molecular flexibility index (Phi) is 4.57. The number of nitrogen functional groups attached to an aromatic ring is 1. The van der Waals surface area contributed by atoms with Crippen LogP contribution in [0.5, 0.6) is 0 Å². The highest BCUT2D eigenvalue weighted by molar-refractivity contribution is 8.00. The summed E-state index contributed by atoms with van der Waals surface area (Å²) in [5.41, 5.74) is 8.09. The third-order valence-corrected chi connectivity index (χ3v) is 3.13. The van der Waals surface area contributed by atoms with E-state index in [1.54, 1.807) is 6.07 Å². The Bertz CT molecular complexity index is 386. The van der Waals surface area contributed by atoms with Crippen molar-refractivity contribution in [1.29, 1.82) is 0 Å². The summed E-state index contributed by atoms with van der Waals surface area (Å²) in [6.45, 7) is 1.88. The lowest BCUT2D eigenvalue weighted by Gasteiger charge is -2.11. The number of nitrogens with one attached hydrogen (secondary N) is 1. The molecular formula is C10H14FN3OS. The van der Waals surface area contributed by atoms with Crippen LogP contribution in [-0.2, 0) is 4.79 Å². The first kappa shape index (κ1) is 12.8. The van der Waals surface area contributed by atoms with Crippen LogP contribution in [0.3, 0.4) is 0 Å². The number of anilines is 1. The summed E-state index contributed by atoms with van der Waals surface area (Å²) in [6, 6.07) is 4.21. The first-order chi connectivity index (χ1) is 7.52. The number of carbonyl (C=O) groups excluding carboxylic acids is 1. The van der Waals surface area contributed by atoms with Crippen LogP contribution in [-0.4, -0.2) is 11.2 Å². The maximum absolute atomic E-state index is 12.8. The zero-order chi connectivity index (χ0) is 12.1. The second-order valence-corrected chi connectivity index (χ2v) is 4.86. The van der Waals surface area contributed by atoms with Gasteiger partial charge in [-0.1, -0.05) is 6.92 Å². The van der Waals surface area contributed by atoms with Crippen molar-refractivity contribution in [3.63, 3.8) is 0 Å². The van der Waals surface area contributed by atoms with Crippen LogP contribution in [0.25, 0.3) is 0 Å². The van der Waals surface area contributed by atoms with Gasteiger partial charge in [-0.25, -0.2) is 10.2 Å². The Morgan fingerprint density at radius 2 is 2.31 bits per heavy atom. The van der Waals surface area contributed by atoms with E-state index in [1.807, 2.05) is 6.92 Å². The summed E-state index contributed by atoms with van der Waals surface area (Å²) >= 11 is 1.41. The molecule has 0 aliphatic heterocycles. The van der Waals surface area contributed by atoms with Crippen LogP contribution >= 0.6 is 11.8 Å². The molecule has 0 bridgehead atoms. The predicted molar refractivity (Wildman–Crippen MR) is 63.1 cm³/mol. The van der Waals surface area contributed by atoms with Crippen LogP contribution < -0.4 is 17.0 Å². The minimum absolute atomic E-state index is 0.0244. The van der Waals surface area contributed by atoms with Gasteiger partial charge in [0.25, 0.3) is 0 Å². The van der Waals surface area contributed by atoms with Gasteiger partial charge < -0.3 is 5.73 Å². The minimum Gasteiger partial charge on any atom is -0.398 e. The van der Waals surface area contributed by atoms with Crippen LogP contribution in [0.2, 0.25) is 0 Å². The molecule has 0 aliphatic carbocycles. The summed E-state index contributed by atoms with van der Waals surface area (Å²) in [4.78, 5) is 11.8. The molecule has 16 heavy (non-hydrogen) atoms. The fourth-order valence-corrected chi connectivity index (χ4v) is 2.21. The average Bonchev–Trinajstić information content (AvgIpc) is 2.22. The summed E-state index contributed by atoms with van der Waals surface area (Å²) in [5.74, 6) is 4.38. The smallest absolute Gasteiger partial charge is 0.234 e. The Labute approximate surface area is 97.5 Å². The molecule has 0 saturated carbocycles. The molecule has 1 rings (SSSR count). The van der Waals surface area contributed by atoms with Gasteiger partial charge in [-0.2, -0.15) is 0 Å². The van der Waals surface area contributed by atoms with Gasteiger partial charge in [-0.3, -0.25) is 10.2 Å². The summed E-state index contributed by atoms with van der Waals surface area (Å²) < 4.78 is 12.8. The van der Waals surface area contributed by atoms with E-state index in [-0.39, 0.29) is 23.4 Å². The SMILES string of the molecule is CC(CC(=O)NN)Sc1ccc(F)cc1N. The topological polar surface area (TPSA) is 81.1 Å². The maximum Gasteiger partial charge on any atom is 0.234 e. The maximum atomic E-state index is 12.8. The molecule has 1 aromatic carbocycles. The summed E-state index contributed by atoms with van der Waals surface area (Å²) in [5, 5.41) is 0.0244. The Morgan fingerprint density at radius 3 is 2.88 bits per heavy atom. The third kappa shape index (κ3) is 3.71. The number of amides is 1. The molecule has 0 spiro atoms. The van der Waals surface area contributed by atoms with Gasteiger partial charge in [0, 0.05) is 22.3 Å². The number of rotatable bonds is 4. The molecule has 88 valence electrons. The highest BCUT2D eigenvalue weighted by Gasteiger charge is 2.11. The van der Waals surface area contributed by atoms with E-state index in [4.69, 9.17) is 11.6 Å². The normalized spacial score (nSPS) is 12.2. The first-order valence-corrected chi connectivity index (χ1v) is 5.62. The van der Waals surface area contributed by atoms with Gasteiger partial charge in [0.05, 0.1) is 0 Å². The molecule has 0 fully saturated rings. The molecule has 4 nitrogen and oxygen atoms in total. The van der Waals surface area contributed by atoms with Crippen molar-refractivity contribution < 1.29 is 9.18 Å². The van der Waals surface area contributed by atoms with E-state index < -0.39 is 0 Å². The van der Waals surface area contributed by atoms with Crippen molar-refractivity contribution in [3.8, 4) is 0 Å². The predicted octanol–water partition coefficient (Wildman–Crippen LogP) is 1.27. The Morgan fingerprint density at radius 1 is 1.62 bits per heavy atom. The third-order valence-electron chi connectivity index (χ3n) is 1.93. The average molecular weight is 243 g/mol. The van der Waals surface area contributed by atoms with Crippen molar-refractivity contribution in [1.82, 2.24) is 5.43 Å². The summed E-state index contributed by atoms with van der Waals surface area (Å²) in [6.07, 6.45) is 0.290. The molecule has 0 saturated heterocycles. The second kappa shape index (κ2) is 5.72. The van der Waals surface area contributed by atoms with Crippen molar-refractivity contribution in [2.75, 3.05) is 5.73 Å². The van der Waals surface area contributed by atoms with E-state index in [9.17, 15) is 9.18 Å². The van der Waals surface area contributed by atoms with Crippen LogP contribution in [0, 0.1) is 5.82 Å². The molecule has 0 heterocycles. The molecule has 1 amide bonds. The van der Waals surface area contributed by atoms with Gasteiger partial charge in [-0.05, 0) is 18.2 Å². The van der Waals surface area contributed by atoms with Crippen LogP contribution in [0.4, 0.5) is 10.1 Å². The zero-order valence-corrected chi connectivity index (χ0v) is 9.68. The largest absolute Gasteiger partial charge is 0.398 e. The number of hydrogen-bond donors (Lipinski definition) is 3. The number of benzene rings is 1. The molecule has 1 unspecified atom stereocenters. The number of hydrogen-bond acceptors (Lipinski definition) is 4. The molecule has 0 aromatic heterocycles. The highest BCUT2D eigenvalue weighted by Crippen LogP contribution is 2.30. The fourth-order valence-electron chi connectivity index (χ4n) is 1.21. The minimum atomic E-state index is -0.366. The number of halogens is 1. The van der Waals surface area contributed by atoms with E-state index in [0.29, 0.717) is 5.69 Å². The quantitative estimate of drug-likeness (QED) is 0.244. The molecule has 1 aromatic rings. The lowest BCUT2D eigenvalue weighted by atomic mass is 10.3. The van der Waals surface area contributed by atoms with Gasteiger partial charge >= 0.3 is 0 Å². The Hall–Kier alpha value is -1.27. The number of nitrogens with two attached hydrogens (primary N) is 2. The summed E-state index contributed by atoms with van der Waals surface area (Å²) in [7, 11) is 0. The molecule has 1 atom stereocenters. The molecular weight excluding hydrogens is 229 g/mol. The van der Waals surface area contributed by atoms with E-state index >= 15 is 0 Å². The van der Waals surface area contributed by atoms with Gasteiger partial charge in [-0.15, -0.1) is 11.8 Å². The molecule has 0 aliphatic rings. The first-order valence-electron chi connectivity index (χ1n) is 4.74. The lowest BCUT2D eigenvalue weighted by molar-refractivity contribution is -0.121. The van der Waals surface area contributed by atoms with Crippen molar-refractivity contribution in [2.45, 2.75) is 23.5 Å². The number of hydrazine groups is 1. The van der Waals surface area contributed by atoms with E-state index in [0.717, 1.165) is 4.90 Å². The standard InChI is InChI=1S/C10H14FN3OS/c1-6(4-10(15)14-13)16-9-3-2-7(11)5-8(9)12/h2-3,5-6H,4,12-13H2,1H3,(H,14,15). The molecule has 6 heteroatoms. The number of carbonyl (C=O) groups is 1. The van der Waals surface area contributed by atoms with Crippen LogP contribution in [0.15, 0.2) is 23.1 Å². The monoisotopic (exact) mass is 243 g/mol. The zero-order valence-electron chi connectivity index (χ0n) is 8.87. The van der Waals surface area contributed by atoms with Crippen LogP contribution in [0.1, 0.15) is 13.3 Å². The van der Waals surface area contributed by atoms with Crippen molar-refractivity contribution in [3.05, 3.63) is 24.0 Å². The highest BCUT2D eigenvalue weighted by atomic mass is 32.2. The van der Waals surface area contributed by atoms with Crippen molar-refractivity contribution in [2.24, 2.45) is 5.84 Å². The molecule has 0 radical (unpaired) electrons. The second-order valence-electron chi connectivity index (χ2n) is 3.38. The van der Waals surface area contributed by atoms with Gasteiger partial charge in [0.15, 0.2) is 0 Å². The fraction of sp³-hybridized carbons (Fsp3) is 0.300. The number of thioether (sulfide) groups is 1. The van der Waals surface area contributed by atoms with Gasteiger partial charge in [0.2, 0.25) is 5.91 Å². The Balaban J connectivity index is 2.62. The van der Waals surface area contributed by atoms with Gasteiger partial charge in [0.1, 0.15) is 5.82 Å². The van der Waals surface area contributed by atoms with E-state index in [2.05, 4.69) is 5.43 Å². The van der Waals surface area contributed by atoms with Crippen molar-refractivity contribution >= 4 is 23.4 Å². The van der Waals surface area contributed by atoms with E-state index in [1.165, 1.54) is 23.9 Å². The lowest BCUT2D eigenvalue weighted by Crippen LogP contribution is -2.31.